The van der Waals surface area contributed by atoms with Gasteiger partial charge in [0.1, 0.15) is 0 Å². The summed E-state index contributed by atoms with van der Waals surface area (Å²) in [6.07, 6.45) is -3.62. The predicted octanol–water partition coefficient (Wildman–Crippen LogP) is 2.21. The smallest absolute Gasteiger partial charge is 0.411 e. The molecule has 1 aliphatic rings. The van der Waals surface area contributed by atoms with Gasteiger partial charge in [0.2, 0.25) is 0 Å². The van der Waals surface area contributed by atoms with Crippen LogP contribution >= 0.6 is 0 Å². The van der Waals surface area contributed by atoms with Crippen LogP contribution in [0.15, 0.2) is 23.4 Å². The summed E-state index contributed by atoms with van der Waals surface area (Å²) in [7, 11) is 0. The summed E-state index contributed by atoms with van der Waals surface area (Å²) in [4.78, 5) is 0. The molecule has 2 rings (SSSR count). The molecule has 0 fully saturated rings. The number of alkyl halides is 2. The lowest BCUT2D eigenvalue weighted by Gasteiger charge is -2.04. The normalized spacial score (nSPS) is 17.9. The Labute approximate surface area is 83.7 Å². The van der Waals surface area contributed by atoms with E-state index in [1.54, 1.807) is 0 Å². The summed E-state index contributed by atoms with van der Waals surface area (Å²) in [5.41, 5.74) is 0.786. The molecule has 4 nitrogen and oxygen atoms in total. The first-order valence-electron chi connectivity index (χ1n) is 4.11. The number of halogens is 2. The second-order valence-electron chi connectivity index (χ2n) is 3.01. The molecule has 0 spiro atoms. The van der Waals surface area contributed by atoms with Crippen LogP contribution < -0.4 is 9.47 Å². The average molecular weight is 215 g/mol. The van der Waals surface area contributed by atoms with E-state index in [0.29, 0.717) is 11.3 Å². The molecule has 0 radical (unpaired) electrons. The maximum atomic E-state index is 12.6. The second kappa shape index (κ2) is 3.08. The van der Waals surface area contributed by atoms with Crippen molar-refractivity contribution in [3.63, 3.8) is 0 Å². The fourth-order valence-electron chi connectivity index (χ4n) is 1.23. The van der Waals surface area contributed by atoms with Crippen molar-refractivity contribution in [3.8, 4) is 11.5 Å². The van der Waals surface area contributed by atoms with E-state index >= 15 is 0 Å². The van der Waals surface area contributed by atoms with Crippen LogP contribution in [-0.2, 0) is 0 Å². The van der Waals surface area contributed by atoms with Gasteiger partial charge < -0.3 is 14.7 Å². The molecule has 15 heavy (non-hydrogen) atoms. The van der Waals surface area contributed by atoms with Gasteiger partial charge in [-0.1, -0.05) is 5.16 Å². The summed E-state index contributed by atoms with van der Waals surface area (Å²) < 4.78 is 33.7. The van der Waals surface area contributed by atoms with Gasteiger partial charge >= 0.3 is 6.29 Å². The van der Waals surface area contributed by atoms with Crippen LogP contribution in [0.1, 0.15) is 12.5 Å². The summed E-state index contributed by atoms with van der Waals surface area (Å²) in [5.74, 6) is -0.102. The molecule has 0 aliphatic carbocycles. The van der Waals surface area contributed by atoms with Crippen LogP contribution in [0.25, 0.3) is 0 Å². The van der Waals surface area contributed by atoms with Crippen molar-refractivity contribution in [2.45, 2.75) is 13.2 Å². The zero-order valence-corrected chi connectivity index (χ0v) is 7.70. The summed E-state index contributed by atoms with van der Waals surface area (Å²) in [5, 5.41) is 11.5. The van der Waals surface area contributed by atoms with Gasteiger partial charge in [0.25, 0.3) is 0 Å². The molecule has 0 saturated heterocycles. The van der Waals surface area contributed by atoms with E-state index in [2.05, 4.69) is 14.6 Å². The van der Waals surface area contributed by atoms with Crippen LogP contribution in [-0.4, -0.2) is 17.2 Å². The highest BCUT2D eigenvalue weighted by atomic mass is 19.3. The van der Waals surface area contributed by atoms with Crippen LogP contribution in [0.3, 0.4) is 0 Å². The highest BCUT2D eigenvalue weighted by Crippen LogP contribution is 2.41. The van der Waals surface area contributed by atoms with E-state index in [4.69, 9.17) is 5.21 Å². The number of oxime groups is 1. The van der Waals surface area contributed by atoms with Gasteiger partial charge in [0, 0.05) is 5.56 Å². The number of hydrogen-bond donors (Lipinski definition) is 1. The largest absolute Gasteiger partial charge is 0.586 e. The second-order valence-corrected chi connectivity index (χ2v) is 3.01. The topological polar surface area (TPSA) is 51.1 Å². The van der Waals surface area contributed by atoms with Crippen LogP contribution in [0.4, 0.5) is 8.78 Å². The summed E-state index contributed by atoms with van der Waals surface area (Å²) in [6, 6.07) is 4.16. The van der Waals surface area contributed by atoms with E-state index in [9.17, 15) is 8.78 Å². The number of fused-ring (bicyclic) bond motifs is 1. The quantitative estimate of drug-likeness (QED) is 0.444. The van der Waals surface area contributed by atoms with Crippen molar-refractivity contribution in [1.82, 2.24) is 0 Å². The Kier molecular flexibility index (Phi) is 1.99. The van der Waals surface area contributed by atoms with E-state index in [0.717, 1.165) is 0 Å². The molecule has 6 heteroatoms. The SMILES string of the molecule is CC(=NO)c1ccc2c(c1)OC(F)(F)O2. The van der Waals surface area contributed by atoms with Crippen molar-refractivity contribution in [3.05, 3.63) is 23.8 Å². The predicted molar refractivity (Wildman–Crippen MR) is 46.6 cm³/mol. The maximum absolute atomic E-state index is 12.6. The molecule has 0 saturated carbocycles. The van der Waals surface area contributed by atoms with Gasteiger partial charge in [-0.15, -0.1) is 8.78 Å². The molecule has 0 unspecified atom stereocenters. The van der Waals surface area contributed by atoms with E-state index in [1.807, 2.05) is 0 Å². The Hall–Kier alpha value is -1.85. The van der Waals surface area contributed by atoms with Crippen molar-refractivity contribution < 1.29 is 23.5 Å². The molecule has 0 atom stereocenters. The number of ether oxygens (including phenoxy) is 2. The third-order valence-corrected chi connectivity index (χ3v) is 1.97. The molecule has 1 heterocycles. The molecule has 80 valence electrons. The molecule has 0 aromatic heterocycles. The summed E-state index contributed by atoms with van der Waals surface area (Å²) in [6.45, 7) is 1.54. The fourth-order valence-corrected chi connectivity index (χ4v) is 1.23. The Balaban J connectivity index is 2.39. The standard InChI is InChI=1S/C9H7F2NO3/c1-5(12-13)6-2-3-7-8(4-6)15-9(10,11)14-7/h2-4,13H,1H3. The van der Waals surface area contributed by atoms with Crippen molar-refractivity contribution in [1.29, 1.82) is 0 Å². The average Bonchev–Trinajstić information content (AvgIpc) is 2.49. The number of benzene rings is 1. The highest BCUT2D eigenvalue weighted by Gasteiger charge is 2.43. The molecular formula is C9H7F2NO3. The third-order valence-electron chi connectivity index (χ3n) is 1.97. The third kappa shape index (κ3) is 1.70. The number of rotatable bonds is 1. The van der Waals surface area contributed by atoms with E-state index in [-0.39, 0.29) is 11.5 Å². The minimum Gasteiger partial charge on any atom is -0.411 e. The Morgan fingerprint density at radius 1 is 1.33 bits per heavy atom. The Morgan fingerprint density at radius 3 is 2.67 bits per heavy atom. The van der Waals surface area contributed by atoms with Crippen molar-refractivity contribution >= 4 is 5.71 Å². The lowest BCUT2D eigenvalue weighted by atomic mass is 10.1. The van der Waals surface area contributed by atoms with Crippen LogP contribution in [0.2, 0.25) is 0 Å². The number of nitrogens with zero attached hydrogens (tertiary/aromatic N) is 1. The molecule has 0 amide bonds. The Morgan fingerprint density at radius 2 is 2.00 bits per heavy atom. The molecule has 1 aliphatic heterocycles. The first-order valence-corrected chi connectivity index (χ1v) is 4.11. The van der Waals surface area contributed by atoms with Gasteiger partial charge in [0.05, 0.1) is 5.71 Å². The highest BCUT2D eigenvalue weighted by molar-refractivity contribution is 5.98. The van der Waals surface area contributed by atoms with Gasteiger partial charge in [-0.25, -0.2) is 0 Å². The first kappa shape index (κ1) is 9.70. The van der Waals surface area contributed by atoms with Crippen LogP contribution in [0, 0.1) is 0 Å². The van der Waals surface area contributed by atoms with E-state index in [1.165, 1.54) is 25.1 Å². The molecule has 1 N–H and O–H groups in total. The zero-order chi connectivity index (χ0) is 11.1. The van der Waals surface area contributed by atoms with E-state index < -0.39 is 6.29 Å². The maximum Gasteiger partial charge on any atom is 0.586 e. The monoisotopic (exact) mass is 215 g/mol. The van der Waals surface area contributed by atoms with Gasteiger partial charge in [0.15, 0.2) is 11.5 Å². The zero-order valence-electron chi connectivity index (χ0n) is 7.70. The Bertz CT molecular complexity index is 431. The lowest BCUT2D eigenvalue weighted by Crippen LogP contribution is -2.25. The fraction of sp³-hybridized carbons (Fsp3) is 0.222. The number of hydrogen-bond acceptors (Lipinski definition) is 4. The van der Waals surface area contributed by atoms with Crippen molar-refractivity contribution in [2.24, 2.45) is 5.16 Å². The van der Waals surface area contributed by atoms with Gasteiger partial charge in [-0.3, -0.25) is 0 Å². The van der Waals surface area contributed by atoms with Crippen LogP contribution in [0.5, 0.6) is 11.5 Å². The molecule has 1 aromatic rings. The van der Waals surface area contributed by atoms with Gasteiger partial charge in [-0.05, 0) is 25.1 Å². The lowest BCUT2D eigenvalue weighted by molar-refractivity contribution is -0.286. The minimum absolute atomic E-state index is 0.0329. The summed E-state index contributed by atoms with van der Waals surface area (Å²) >= 11 is 0. The molecular weight excluding hydrogens is 208 g/mol. The van der Waals surface area contributed by atoms with Crippen molar-refractivity contribution in [2.75, 3.05) is 0 Å². The molecule has 0 bridgehead atoms. The minimum atomic E-state index is -3.62. The van der Waals surface area contributed by atoms with Gasteiger partial charge in [-0.2, -0.15) is 0 Å². The molecule has 1 aromatic carbocycles. The first-order chi connectivity index (χ1) is 7.02.